The molecular formula is C36H43N9O9S. The third kappa shape index (κ3) is 10.5. The number of fused-ring (bicyclic) bond motifs is 1. The minimum absolute atomic E-state index is 0.00850. The van der Waals surface area contributed by atoms with E-state index in [0.717, 1.165) is 46.2 Å². The summed E-state index contributed by atoms with van der Waals surface area (Å²) in [6.07, 6.45) is 5.02. The highest BCUT2D eigenvalue weighted by molar-refractivity contribution is 7.18. The lowest BCUT2D eigenvalue weighted by atomic mass is 9.89. The van der Waals surface area contributed by atoms with Crippen LogP contribution in [-0.2, 0) is 25.6 Å². The number of nitrogens with one attached hydrogen (secondary N) is 2. The highest BCUT2D eigenvalue weighted by atomic mass is 32.1. The van der Waals surface area contributed by atoms with Gasteiger partial charge in [0.25, 0.3) is 11.8 Å². The van der Waals surface area contributed by atoms with Gasteiger partial charge in [0.05, 0.1) is 59.3 Å². The van der Waals surface area contributed by atoms with Crippen LogP contribution in [0, 0.1) is 5.92 Å². The number of aromatic nitrogens is 3. The van der Waals surface area contributed by atoms with Crippen molar-refractivity contribution in [3.8, 4) is 11.8 Å². The third-order valence-electron chi connectivity index (χ3n) is 8.79. The Hall–Kier alpha value is -6.21. The second-order valence-electron chi connectivity index (χ2n) is 13.0. The molecule has 19 heteroatoms. The van der Waals surface area contributed by atoms with Crippen molar-refractivity contribution < 1.29 is 43.3 Å². The molecule has 1 saturated heterocycles. The number of hydrogen-bond donors (Lipinski definition) is 5. The monoisotopic (exact) mass is 777 g/mol. The van der Waals surface area contributed by atoms with Crippen molar-refractivity contribution in [2.24, 2.45) is 17.4 Å². The van der Waals surface area contributed by atoms with Crippen LogP contribution < -0.4 is 31.6 Å². The molecule has 3 aromatic heterocycles. The van der Waals surface area contributed by atoms with Crippen LogP contribution in [-0.4, -0.2) is 106 Å². The molecule has 5 amide bonds. The van der Waals surface area contributed by atoms with Crippen molar-refractivity contribution in [1.29, 1.82) is 0 Å². The van der Waals surface area contributed by atoms with E-state index in [2.05, 4.69) is 54.2 Å². The molecule has 1 aliphatic rings. The number of carboxylic acids is 1. The van der Waals surface area contributed by atoms with Crippen molar-refractivity contribution in [2.75, 3.05) is 45.5 Å². The quantitative estimate of drug-likeness (QED) is 0.145. The number of carboxylic acid groups (broad SMARTS) is 1. The van der Waals surface area contributed by atoms with Gasteiger partial charge < -0.3 is 46.5 Å². The molecule has 7 N–H and O–H groups in total. The van der Waals surface area contributed by atoms with Crippen LogP contribution in [0.1, 0.15) is 64.0 Å². The summed E-state index contributed by atoms with van der Waals surface area (Å²) in [6.45, 7) is 4.71. The number of aliphatic carboxylic acids is 1. The Morgan fingerprint density at radius 2 is 1.49 bits per heavy atom. The van der Waals surface area contributed by atoms with Gasteiger partial charge in [0.1, 0.15) is 11.1 Å². The van der Waals surface area contributed by atoms with Crippen molar-refractivity contribution in [3.05, 3.63) is 64.4 Å². The Kier molecular flexibility index (Phi) is 13.8. The van der Waals surface area contributed by atoms with Crippen molar-refractivity contribution in [1.82, 2.24) is 24.8 Å². The van der Waals surface area contributed by atoms with Crippen LogP contribution in [0.4, 0.5) is 11.4 Å². The largest absolute Gasteiger partial charge is 0.480 e. The molecule has 1 fully saturated rings. The molecule has 0 saturated carbocycles. The number of amides is 5. The van der Waals surface area contributed by atoms with Gasteiger partial charge in [0.15, 0.2) is 0 Å². The van der Waals surface area contributed by atoms with Crippen LogP contribution in [0.5, 0.6) is 11.8 Å². The molecule has 0 radical (unpaired) electrons. The summed E-state index contributed by atoms with van der Waals surface area (Å²) in [6, 6.07) is 8.79. The molecule has 4 aromatic rings. The van der Waals surface area contributed by atoms with E-state index in [1.165, 1.54) is 32.5 Å². The van der Waals surface area contributed by atoms with E-state index in [9.17, 15) is 28.8 Å². The average Bonchev–Trinajstić information content (AvgIpc) is 3.56. The molecule has 1 aliphatic heterocycles. The van der Waals surface area contributed by atoms with Crippen LogP contribution in [0.2, 0.25) is 0 Å². The Morgan fingerprint density at radius 1 is 0.927 bits per heavy atom. The zero-order valence-electron chi connectivity index (χ0n) is 31.1. The zero-order valence-corrected chi connectivity index (χ0v) is 31.9. The minimum atomic E-state index is -1.65. The summed E-state index contributed by atoms with van der Waals surface area (Å²) in [5.41, 5.74) is 12.5. The maximum atomic E-state index is 13.4. The lowest BCUT2D eigenvalue weighted by Gasteiger charge is -2.38. The second kappa shape index (κ2) is 18.2. The van der Waals surface area contributed by atoms with Crippen LogP contribution in [0.25, 0.3) is 10.2 Å². The fraction of sp³-hybridized carbons (Fsp3) is 0.361. The van der Waals surface area contributed by atoms with Gasteiger partial charge >= 0.3 is 23.7 Å². The van der Waals surface area contributed by atoms with Gasteiger partial charge in [0.2, 0.25) is 11.8 Å². The molecule has 1 aromatic carbocycles. The lowest BCUT2D eigenvalue weighted by molar-refractivity contribution is -0.147. The number of hydrogen-bond acceptors (Lipinski definition) is 13. The molecule has 0 spiro atoms. The average molecular weight is 778 g/mol. The topological polar surface area (TPSA) is 262 Å². The molecule has 5 rings (SSSR count). The fourth-order valence-corrected chi connectivity index (χ4v) is 6.73. The molecule has 4 heterocycles. The minimum Gasteiger partial charge on any atom is -0.480 e. The third-order valence-corrected chi connectivity index (χ3v) is 9.85. The molecule has 0 aliphatic carbocycles. The van der Waals surface area contributed by atoms with Gasteiger partial charge in [-0.2, -0.15) is 0 Å². The summed E-state index contributed by atoms with van der Waals surface area (Å²) in [4.78, 5) is 86.7. The first-order valence-corrected chi connectivity index (χ1v) is 17.7. The number of methoxy groups -OCH3 is 2. The number of rotatable bonds is 10. The number of carbonyl (C=O) groups excluding carboxylic acids is 5. The summed E-state index contributed by atoms with van der Waals surface area (Å²) in [5, 5.41) is 14.0. The van der Waals surface area contributed by atoms with Gasteiger partial charge in [-0.25, -0.2) is 19.7 Å². The van der Waals surface area contributed by atoms with E-state index < -0.39 is 35.5 Å². The van der Waals surface area contributed by atoms with Crippen LogP contribution >= 0.6 is 11.3 Å². The number of pyridine rings is 2. The first kappa shape index (κ1) is 41.5. The molecule has 55 heavy (non-hydrogen) atoms. The van der Waals surface area contributed by atoms with Gasteiger partial charge in [-0.05, 0) is 69.6 Å². The smallest absolute Gasteiger partial charge is 0.394 e. The number of thiazole rings is 1. The number of likely N-dealkylation sites (N-methyl/N-ethyl adjacent to an activating group) is 1. The highest BCUT2D eigenvalue weighted by Crippen LogP contribution is 2.36. The summed E-state index contributed by atoms with van der Waals surface area (Å²) in [7, 11) is 6.78. The van der Waals surface area contributed by atoms with E-state index in [-0.39, 0.29) is 46.2 Å². The number of nitrogens with two attached hydrogens (primary N) is 2. The number of primary amides is 2. The van der Waals surface area contributed by atoms with E-state index in [0.29, 0.717) is 12.6 Å². The predicted molar refractivity (Wildman–Crippen MR) is 203 cm³/mol. The molecule has 292 valence electrons. The molecule has 18 nitrogen and oxygen atoms in total. The van der Waals surface area contributed by atoms with Gasteiger partial charge in [-0.1, -0.05) is 13.0 Å². The standard InChI is InChI=1S/C27H34N6O4S.C9H9N3O5/c1-15-6-8-21(17-7-9-22-20(11-17)31-23(38-22)10-16(2)32(3)4)33(14-15)27(36)25(35)30-18-12-19(24(28)34)26(37-5)29-13-18;1-17-8-5(6(10)13)2-4(3-11-8)12-7(14)9(15)16/h7,9,11-13,15-16,21H,6,8,10,14H2,1-5H3,(H2,28,34)(H,30,35);2-3H,1H3,(H2,10,13)(H,12,14)(H,15,16)/t15-,16+,21+;/m0./s1. The number of likely N-dealkylation sites (tertiary alicyclic amines) is 1. The SMILES string of the molecule is COc1ncc(NC(=O)C(=O)N2C[C@@H](C)CC[C@@H]2c2ccc3sc(C[C@@H](C)N(C)C)nc3c2)cc1C(N)=O.COc1ncc(NC(=O)C(=O)O)cc1C(N)=O. The summed E-state index contributed by atoms with van der Waals surface area (Å²) >= 11 is 1.69. The number of nitrogens with zero attached hydrogens (tertiary/aromatic N) is 5. The van der Waals surface area contributed by atoms with E-state index >= 15 is 0 Å². The first-order valence-electron chi connectivity index (χ1n) is 16.9. The van der Waals surface area contributed by atoms with E-state index in [4.69, 9.17) is 31.0 Å². The second-order valence-corrected chi connectivity index (χ2v) is 14.1. The lowest BCUT2D eigenvalue weighted by Crippen LogP contribution is -2.46. The number of piperidine rings is 1. The van der Waals surface area contributed by atoms with Crippen LogP contribution in [0.3, 0.4) is 0 Å². The van der Waals surface area contributed by atoms with Crippen molar-refractivity contribution in [3.63, 3.8) is 0 Å². The Labute approximate surface area is 320 Å². The van der Waals surface area contributed by atoms with Gasteiger partial charge in [-0.15, -0.1) is 11.3 Å². The van der Waals surface area contributed by atoms with Crippen molar-refractivity contribution in [2.45, 2.75) is 45.2 Å². The number of benzene rings is 1. The van der Waals surface area contributed by atoms with Crippen molar-refractivity contribution >= 4 is 68.4 Å². The summed E-state index contributed by atoms with van der Waals surface area (Å²) in [5.74, 6) is -5.60. The normalized spacial score (nSPS) is 15.7. The highest BCUT2D eigenvalue weighted by Gasteiger charge is 2.34. The number of carbonyl (C=O) groups is 6. The van der Waals surface area contributed by atoms with Gasteiger partial charge in [0, 0.05) is 19.0 Å². The number of ether oxygens (including phenoxy) is 2. The number of anilines is 2. The maximum absolute atomic E-state index is 13.4. The fourth-order valence-electron chi connectivity index (χ4n) is 5.66. The molecular weight excluding hydrogens is 735 g/mol. The zero-order chi connectivity index (χ0) is 40.6. The Morgan fingerprint density at radius 3 is 2.00 bits per heavy atom. The van der Waals surface area contributed by atoms with E-state index in [1.807, 2.05) is 17.4 Å². The molecule has 0 unspecified atom stereocenters. The molecule has 3 atom stereocenters. The Bertz CT molecular complexity index is 2110. The summed E-state index contributed by atoms with van der Waals surface area (Å²) < 4.78 is 10.9. The molecule has 0 bridgehead atoms. The predicted octanol–water partition coefficient (Wildman–Crippen LogP) is 2.44. The Balaban J connectivity index is 0.000000332. The van der Waals surface area contributed by atoms with E-state index in [1.54, 1.807) is 16.2 Å². The van der Waals surface area contributed by atoms with Gasteiger partial charge in [-0.3, -0.25) is 24.0 Å². The maximum Gasteiger partial charge on any atom is 0.394 e. The van der Waals surface area contributed by atoms with Crippen LogP contribution in [0.15, 0.2) is 42.7 Å². The first-order chi connectivity index (χ1) is 26.0.